The van der Waals surface area contributed by atoms with Gasteiger partial charge in [-0.2, -0.15) is 21.7 Å². The molecule has 0 aliphatic carbocycles. The van der Waals surface area contributed by atoms with Crippen molar-refractivity contribution in [3.8, 4) is 0 Å². The van der Waals surface area contributed by atoms with E-state index in [1.807, 2.05) is 0 Å². The van der Waals surface area contributed by atoms with Crippen molar-refractivity contribution < 1.29 is 66.9 Å². The topological polar surface area (TPSA) is 379 Å². The summed E-state index contributed by atoms with van der Waals surface area (Å²) in [5.41, 5.74) is 10.1. The summed E-state index contributed by atoms with van der Waals surface area (Å²) in [6, 6.07) is 0. The van der Waals surface area contributed by atoms with E-state index in [9.17, 15) is 48.9 Å². The summed E-state index contributed by atoms with van der Waals surface area (Å²) in [4.78, 5) is 64.1. The molecule has 26 nitrogen and oxygen atoms in total. The van der Waals surface area contributed by atoms with Gasteiger partial charge in [0.15, 0.2) is 29.4 Å². The van der Waals surface area contributed by atoms with Crippen LogP contribution in [0.25, 0.3) is 11.2 Å². The van der Waals surface area contributed by atoms with Gasteiger partial charge in [-0.05, 0) is 0 Å². The Morgan fingerprint density at radius 3 is 2.00 bits per heavy atom. The van der Waals surface area contributed by atoms with E-state index in [0.717, 1.165) is 18.1 Å². The van der Waals surface area contributed by atoms with E-state index in [1.54, 1.807) is 7.05 Å². The first-order chi connectivity index (χ1) is 25.5. The maximum atomic E-state index is 12.4. The second kappa shape index (κ2) is 16.1. The lowest BCUT2D eigenvalue weighted by molar-refractivity contribution is -0.0512. The molecule has 0 aromatic carbocycles. The van der Waals surface area contributed by atoms with Crippen molar-refractivity contribution in [3.63, 3.8) is 0 Å². The molecule has 0 saturated carbocycles. The predicted molar refractivity (Wildman–Crippen MR) is 185 cm³/mol. The maximum absolute atomic E-state index is 12.4. The van der Waals surface area contributed by atoms with E-state index in [1.165, 1.54) is 14.4 Å². The van der Waals surface area contributed by atoms with Crippen molar-refractivity contribution >= 4 is 62.0 Å². The molecule has 3 aliphatic heterocycles. The number of hydrogen-bond donors (Lipinski definition) is 10. The molecule has 0 bridgehead atoms. The highest BCUT2D eigenvalue weighted by molar-refractivity contribution is 7.99. The van der Waals surface area contributed by atoms with Crippen LogP contribution >= 0.6 is 27.4 Å². The Labute approximate surface area is 307 Å². The summed E-state index contributed by atoms with van der Waals surface area (Å²) in [6.07, 6.45) is -10.1. The van der Waals surface area contributed by atoms with Gasteiger partial charge < -0.3 is 61.0 Å². The average molecular weight is 829 g/mol. The molecule has 3 aliphatic rings. The van der Waals surface area contributed by atoms with E-state index < -0.39 is 89.1 Å². The van der Waals surface area contributed by atoms with Gasteiger partial charge in [0.1, 0.15) is 42.3 Å². The quantitative estimate of drug-likeness (QED) is 0.0491. The van der Waals surface area contributed by atoms with E-state index >= 15 is 0 Å². The second-order valence-corrected chi connectivity index (χ2v) is 16.2. The van der Waals surface area contributed by atoms with E-state index in [0.29, 0.717) is 0 Å². The van der Waals surface area contributed by atoms with Gasteiger partial charge in [0, 0.05) is 18.6 Å². The number of aliphatic hydroxyl groups is 4. The second-order valence-electron chi connectivity index (χ2n) is 12.1. The Balaban J connectivity index is 0.880. The van der Waals surface area contributed by atoms with Gasteiger partial charge in [-0.25, -0.2) is 14.1 Å². The summed E-state index contributed by atoms with van der Waals surface area (Å²) in [6.45, 7) is -1.86. The summed E-state index contributed by atoms with van der Waals surface area (Å²) >= 11 is 1.12. The number of hydrogen-bond acceptors (Lipinski definition) is 22. The number of phosphoric ester groups is 2. The Morgan fingerprint density at radius 2 is 1.39 bits per heavy atom. The number of nitrogens with one attached hydrogen (secondary N) is 2. The number of ether oxygens (including phenoxy) is 2. The van der Waals surface area contributed by atoms with Gasteiger partial charge in [0.25, 0.3) is 11.1 Å². The fraction of sp³-hybridized carbons (Fsp3) is 0.640. The van der Waals surface area contributed by atoms with Crippen molar-refractivity contribution in [2.24, 2.45) is 0 Å². The first kappa shape index (κ1) is 40.4. The molecule has 10 atom stereocenters. The SMILES string of the molecule is CN1CN([C@@H]2O[C@H](COP(=O)(O)OCCSCCOP(=O)(O)OC[C@H]3O[C@@H](n4cnc5c(=O)[nH]c(N)nc54)[C@H](O)[C@@H]3O)[C@@H](O)[C@H]2O)c2nc(N)[nH]c(=O)c21. The molecule has 12 N–H and O–H groups in total. The van der Waals surface area contributed by atoms with Crippen LogP contribution in [0.2, 0.25) is 0 Å². The molecule has 0 spiro atoms. The van der Waals surface area contributed by atoms with E-state index in [2.05, 4.69) is 24.9 Å². The molecule has 3 aromatic heterocycles. The van der Waals surface area contributed by atoms with E-state index in [-0.39, 0.29) is 66.0 Å². The molecule has 29 heteroatoms. The summed E-state index contributed by atoms with van der Waals surface area (Å²) in [7, 11) is -7.72. The van der Waals surface area contributed by atoms with Crippen LogP contribution in [0, 0.1) is 0 Å². The summed E-state index contributed by atoms with van der Waals surface area (Å²) < 4.78 is 57.1. The van der Waals surface area contributed by atoms with Gasteiger partial charge in [0.2, 0.25) is 11.9 Å². The van der Waals surface area contributed by atoms with Crippen LogP contribution in [0.3, 0.4) is 0 Å². The highest BCUT2D eigenvalue weighted by Crippen LogP contribution is 2.46. The average Bonchev–Trinajstić information content (AvgIpc) is 3.82. The number of aliphatic hydroxyl groups excluding tert-OH is 4. The number of aromatic amines is 2. The number of fused-ring (bicyclic) bond motifs is 2. The zero-order valence-electron chi connectivity index (χ0n) is 28.1. The number of anilines is 4. The normalized spacial score (nSPS) is 29.2. The first-order valence-corrected chi connectivity index (χ1v) is 20.1. The Bertz CT molecular complexity index is 2040. The molecule has 6 heterocycles. The number of nitrogen functional groups attached to an aromatic ring is 2. The van der Waals surface area contributed by atoms with Gasteiger partial charge in [0.05, 0.1) is 39.4 Å². The number of nitrogens with two attached hydrogens (primary N) is 2. The maximum Gasteiger partial charge on any atom is 0.472 e. The highest BCUT2D eigenvalue weighted by atomic mass is 32.2. The van der Waals surface area contributed by atoms with Crippen LogP contribution in [-0.2, 0) is 36.7 Å². The zero-order chi connectivity index (χ0) is 39.1. The van der Waals surface area contributed by atoms with Gasteiger partial charge >= 0.3 is 15.6 Å². The smallest absolute Gasteiger partial charge is 0.387 e. The van der Waals surface area contributed by atoms with Crippen LogP contribution in [-0.4, -0.2) is 154 Å². The molecular formula is C25H38N10O16P2S. The molecule has 300 valence electrons. The third-order valence-corrected chi connectivity index (χ3v) is 11.3. The minimum Gasteiger partial charge on any atom is -0.387 e. The van der Waals surface area contributed by atoms with Gasteiger partial charge in [-0.15, -0.1) is 0 Å². The molecule has 3 aromatic rings. The lowest BCUT2D eigenvalue weighted by atomic mass is 10.1. The number of H-pyrrole nitrogens is 2. The van der Waals surface area contributed by atoms with Crippen LogP contribution in [0.1, 0.15) is 6.23 Å². The molecule has 54 heavy (non-hydrogen) atoms. The minimum absolute atomic E-state index is 0.0283. The largest absolute Gasteiger partial charge is 0.472 e. The molecular weight excluding hydrogens is 790 g/mol. The monoisotopic (exact) mass is 828 g/mol. The van der Waals surface area contributed by atoms with Crippen LogP contribution in [0.4, 0.5) is 23.4 Å². The van der Waals surface area contributed by atoms with E-state index in [4.69, 9.17) is 39.0 Å². The van der Waals surface area contributed by atoms with Crippen molar-refractivity contribution in [2.75, 3.05) is 72.9 Å². The third-order valence-electron chi connectivity index (χ3n) is 8.39. The third kappa shape index (κ3) is 8.59. The van der Waals surface area contributed by atoms with Crippen molar-refractivity contribution in [1.82, 2.24) is 29.5 Å². The Hall–Kier alpha value is -3.24. The predicted octanol–water partition coefficient (Wildman–Crippen LogP) is -3.65. The van der Waals surface area contributed by atoms with Gasteiger partial charge in [-0.3, -0.25) is 42.2 Å². The molecule has 6 rings (SSSR count). The number of aromatic nitrogens is 6. The molecule has 0 amide bonds. The Morgan fingerprint density at radius 1 is 0.852 bits per heavy atom. The van der Waals surface area contributed by atoms with Crippen molar-refractivity contribution in [2.45, 2.75) is 49.1 Å². The molecule has 2 fully saturated rings. The molecule has 2 saturated heterocycles. The number of nitrogens with zero attached hydrogens (tertiary/aromatic N) is 6. The van der Waals surface area contributed by atoms with Crippen molar-refractivity contribution in [3.05, 3.63) is 27.0 Å². The first-order valence-electron chi connectivity index (χ1n) is 15.9. The highest BCUT2D eigenvalue weighted by Gasteiger charge is 2.49. The number of thioether (sulfide) groups is 1. The van der Waals surface area contributed by atoms with Gasteiger partial charge in [-0.1, -0.05) is 0 Å². The molecule has 2 unspecified atom stereocenters. The number of rotatable bonds is 16. The summed E-state index contributed by atoms with van der Waals surface area (Å²) in [5.74, 6) is -0.0454. The standard InChI is InChI=1S/C25H38N10O16P2S/c1-33-9-35(19-13(33)21(41)32-25(27)30-19)23-17(39)15(37)11(51-23)7-49-53(44,45)47-3-5-54-4-2-46-52(42,43)48-6-10-14(36)16(38)22(50-10)34-8-28-12-18(34)29-24(26)31-20(12)40/h8,10-11,14-17,22-23,36-39H,2-7,9H2,1H3,(H,42,43)(H,44,45)(H3,26,29,31,40)(H3,27,30,32,41)/t10-,11-,14-,15-,16-,17-,22-,23-/m1/s1. The fourth-order valence-corrected chi connectivity index (χ4v) is 8.19. The van der Waals surface area contributed by atoms with Crippen LogP contribution < -0.4 is 32.4 Å². The fourth-order valence-electron chi connectivity index (χ4n) is 5.87. The summed E-state index contributed by atoms with van der Waals surface area (Å²) in [5, 5.41) is 42.2. The lowest BCUT2D eigenvalue weighted by Gasteiger charge is -2.27. The van der Waals surface area contributed by atoms with Crippen LogP contribution in [0.5, 0.6) is 0 Å². The number of imidazole rings is 1. The number of phosphoric acid groups is 2. The zero-order valence-corrected chi connectivity index (χ0v) is 30.7. The lowest BCUT2D eigenvalue weighted by Crippen LogP contribution is -2.45. The minimum atomic E-state index is -4.66. The Kier molecular flexibility index (Phi) is 12.0. The van der Waals surface area contributed by atoms with Crippen LogP contribution in [0.15, 0.2) is 15.9 Å². The molecule has 0 radical (unpaired) electrons. The van der Waals surface area contributed by atoms with Crippen molar-refractivity contribution in [1.29, 1.82) is 0 Å².